The van der Waals surface area contributed by atoms with Crippen LogP contribution in [-0.2, 0) is 20.9 Å². The zero-order valence-corrected chi connectivity index (χ0v) is 15.4. The number of allylic oxidation sites excluding steroid dienone is 1. The fourth-order valence-corrected chi connectivity index (χ4v) is 3.26. The van der Waals surface area contributed by atoms with Gasteiger partial charge in [-0.3, -0.25) is 9.53 Å². The van der Waals surface area contributed by atoms with Crippen LogP contribution in [0.4, 0.5) is 13.2 Å². The van der Waals surface area contributed by atoms with E-state index in [0.717, 1.165) is 11.6 Å². The first-order chi connectivity index (χ1) is 13.7. The summed E-state index contributed by atoms with van der Waals surface area (Å²) >= 11 is 0. The van der Waals surface area contributed by atoms with Crippen LogP contribution in [0.25, 0.3) is 5.57 Å². The summed E-state index contributed by atoms with van der Waals surface area (Å²) in [5, 5.41) is 9.24. The number of benzene rings is 2. The Labute approximate surface area is 165 Å². The molecule has 0 aromatic heterocycles. The highest BCUT2D eigenvalue weighted by Crippen LogP contribution is 2.41. The zero-order valence-electron chi connectivity index (χ0n) is 15.4. The number of aliphatic carboxylic acids is 1. The molecule has 0 amide bonds. The van der Waals surface area contributed by atoms with E-state index in [2.05, 4.69) is 4.74 Å². The number of carboxylic acid groups (broad SMARTS) is 1. The minimum absolute atomic E-state index is 0.125. The monoisotopic (exact) mass is 404 g/mol. The standard InChI is InChI=1S/C22H19F3O4/c23-22(24,25)29-21(14-20(26)27)12-18(17-9-5-2-6-10-17)11-19(13-21)28-15-16-7-3-1-4-8-16/h1-11,13H,12,14-15H2,(H,26,27). The van der Waals surface area contributed by atoms with Crippen molar-refractivity contribution < 1.29 is 32.5 Å². The van der Waals surface area contributed by atoms with Crippen LogP contribution in [0, 0.1) is 0 Å². The van der Waals surface area contributed by atoms with E-state index in [1.165, 1.54) is 0 Å². The van der Waals surface area contributed by atoms with Crippen molar-refractivity contribution in [3.63, 3.8) is 0 Å². The van der Waals surface area contributed by atoms with Gasteiger partial charge in [0, 0.05) is 6.42 Å². The summed E-state index contributed by atoms with van der Waals surface area (Å²) in [5.41, 5.74) is -0.103. The Kier molecular flexibility index (Phi) is 6.08. The van der Waals surface area contributed by atoms with Gasteiger partial charge in [0.2, 0.25) is 0 Å². The first kappa shape index (κ1) is 20.7. The Morgan fingerprint density at radius 3 is 2.24 bits per heavy atom. The summed E-state index contributed by atoms with van der Waals surface area (Å²) in [5.74, 6) is -1.27. The molecule has 0 aliphatic heterocycles. The van der Waals surface area contributed by atoms with E-state index in [4.69, 9.17) is 4.74 Å². The second kappa shape index (κ2) is 8.53. The molecule has 1 N–H and O–H groups in total. The SMILES string of the molecule is O=C(O)CC1(OC(F)(F)F)C=C(OCc2ccccc2)C=C(c2ccccc2)C1. The van der Waals surface area contributed by atoms with Gasteiger partial charge in [0.25, 0.3) is 0 Å². The number of hydrogen-bond acceptors (Lipinski definition) is 3. The zero-order chi connectivity index (χ0) is 20.9. The number of carboxylic acids is 1. The van der Waals surface area contributed by atoms with Crippen LogP contribution in [0.2, 0.25) is 0 Å². The minimum atomic E-state index is -5.00. The predicted molar refractivity (Wildman–Crippen MR) is 100 cm³/mol. The summed E-state index contributed by atoms with van der Waals surface area (Å²) in [6.07, 6.45) is -3.37. The highest BCUT2D eigenvalue weighted by Gasteiger charge is 2.46. The van der Waals surface area contributed by atoms with Crippen LogP contribution in [0.15, 0.2) is 78.6 Å². The fraction of sp³-hybridized carbons (Fsp3) is 0.227. The molecule has 0 bridgehead atoms. The minimum Gasteiger partial charge on any atom is -0.489 e. The predicted octanol–water partition coefficient (Wildman–Crippen LogP) is 5.32. The largest absolute Gasteiger partial charge is 0.523 e. The van der Waals surface area contributed by atoms with Gasteiger partial charge < -0.3 is 9.84 Å². The molecule has 1 aliphatic rings. The van der Waals surface area contributed by atoms with Crippen LogP contribution >= 0.6 is 0 Å². The number of hydrogen-bond donors (Lipinski definition) is 1. The second-order valence-electron chi connectivity index (χ2n) is 6.72. The molecule has 7 heteroatoms. The van der Waals surface area contributed by atoms with E-state index < -0.39 is 24.4 Å². The molecule has 3 rings (SSSR count). The Balaban J connectivity index is 1.97. The molecule has 1 atom stereocenters. The maximum atomic E-state index is 13.1. The molecule has 2 aromatic carbocycles. The third-order valence-corrected chi connectivity index (χ3v) is 4.37. The third kappa shape index (κ3) is 5.96. The lowest BCUT2D eigenvalue weighted by Crippen LogP contribution is -2.40. The lowest BCUT2D eigenvalue weighted by atomic mass is 9.83. The van der Waals surface area contributed by atoms with Crippen molar-refractivity contribution >= 4 is 11.5 Å². The number of halogens is 3. The Hall–Kier alpha value is -3.06. The van der Waals surface area contributed by atoms with Gasteiger partial charge in [-0.05, 0) is 28.9 Å². The van der Waals surface area contributed by atoms with Gasteiger partial charge in [-0.15, -0.1) is 13.2 Å². The Morgan fingerprint density at radius 2 is 1.66 bits per heavy atom. The smallest absolute Gasteiger partial charge is 0.489 e. The molecule has 0 heterocycles. The summed E-state index contributed by atoms with van der Waals surface area (Å²) < 4.78 is 49.5. The first-order valence-electron chi connectivity index (χ1n) is 8.89. The van der Waals surface area contributed by atoms with Crippen molar-refractivity contribution in [2.45, 2.75) is 31.4 Å². The number of ether oxygens (including phenoxy) is 2. The average Bonchev–Trinajstić information content (AvgIpc) is 2.65. The van der Waals surface area contributed by atoms with E-state index in [1.54, 1.807) is 36.4 Å². The maximum Gasteiger partial charge on any atom is 0.523 e. The Bertz CT molecular complexity index is 905. The lowest BCUT2D eigenvalue weighted by molar-refractivity contribution is -0.357. The van der Waals surface area contributed by atoms with Crippen LogP contribution in [-0.4, -0.2) is 23.0 Å². The molecule has 2 aromatic rings. The molecule has 0 spiro atoms. The second-order valence-corrected chi connectivity index (χ2v) is 6.72. The van der Waals surface area contributed by atoms with Gasteiger partial charge in [0.15, 0.2) is 0 Å². The molecular formula is C22H19F3O4. The molecule has 29 heavy (non-hydrogen) atoms. The van der Waals surface area contributed by atoms with E-state index in [-0.39, 0.29) is 18.8 Å². The molecule has 0 fully saturated rings. The fourth-order valence-electron chi connectivity index (χ4n) is 3.26. The van der Waals surface area contributed by atoms with Gasteiger partial charge in [0.1, 0.15) is 18.0 Å². The highest BCUT2D eigenvalue weighted by molar-refractivity contribution is 5.74. The van der Waals surface area contributed by atoms with Crippen molar-refractivity contribution in [3.8, 4) is 0 Å². The normalized spacial score (nSPS) is 19.3. The van der Waals surface area contributed by atoms with E-state index in [0.29, 0.717) is 11.1 Å². The topological polar surface area (TPSA) is 55.8 Å². The van der Waals surface area contributed by atoms with E-state index >= 15 is 0 Å². The van der Waals surface area contributed by atoms with Crippen molar-refractivity contribution in [1.29, 1.82) is 0 Å². The molecule has 152 valence electrons. The van der Waals surface area contributed by atoms with Gasteiger partial charge in [-0.2, -0.15) is 0 Å². The highest BCUT2D eigenvalue weighted by atomic mass is 19.4. The van der Waals surface area contributed by atoms with E-state index in [1.807, 2.05) is 30.3 Å². The molecular weight excluding hydrogens is 385 g/mol. The van der Waals surface area contributed by atoms with Crippen molar-refractivity contribution in [2.24, 2.45) is 0 Å². The summed E-state index contributed by atoms with van der Waals surface area (Å²) in [6.45, 7) is 0.125. The van der Waals surface area contributed by atoms with Crippen LogP contribution < -0.4 is 0 Å². The van der Waals surface area contributed by atoms with Crippen molar-refractivity contribution in [1.82, 2.24) is 0 Å². The van der Waals surface area contributed by atoms with Crippen LogP contribution in [0.3, 0.4) is 0 Å². The van der Waals surface area contributed by atoms with Crippen LogP contribution in [0.5, 0.6) is 0 Å². The lowest BCUT2D eigenvalue weighted by Gasteiger charge is -2.34. The number of rotatable bonds is 7. The van der Waals surface area contributed by atoms with Crippen molar-refractivity contribution in [2.75, 3.05) is 0 Å². The average molecular weight is 404 g/mol. The molecule has 0 saturated heterocycles. The van der Waals surface area contributed by atoms with Crippen LogP contribution in [0.1, 0.15) is 24.0 Å². The maximum absolute atomic E-state index is 13.1. The number of alkyl halides is 3. The van der Waals surface area contributed by atoms with Gasteiger partial charge in [-0.25, -0.2) is 0 Å². The summed E-state index contributed by atoms with van der Waals surface area (Å²) in [4.78, 5) is 11.4. The molecule has 1 aliphatic carbocycles. The first-order valence-corrected chi connectivity index (χ1v) is 8.89. The van der Waals surface area contributed by atoms with Gasteiger partial charge in [0.05, 0.1) is 6.42 Å². The molecule has 0 saturated carbocycles. The van der Waals surface area contributed by atoms with Crippen molar-refractivity contribution in [3.05, 3.63) is 89.7 Å². The van der Waals surface area contributed by atoms with E-state index in [9.17, 15) is 23.1 Å². The summed E-state index contributed by atoms with van der Waals surface area (Å²) in [6, 6.07) is 17.9. The third-order valence-electron chi connectivity index (χ3n) is 4.37. The molecule has 0 radical (unpaired) electrons. The Morgan fingerprint density at radius 1 is 1.03 bits per heavy atom. The van der Waals surface area contributed by atoms with Gasteiger partial charge >= 0.3 is 12.3 Å². The molecule has 1 unspecified atom stereocenters. The van der Waals surface area contributed by atoms with Gasteiger partial charge in [-0.1, -0.05) is 60.7 Å². The quantitative estimate of drug-likeness (QED) is 0.678. The number of carbonyl (C=O) groups is 1. The summed E-state index contributed by atoms with van der Waals surface area (Å²) in [7, 11) is 0. The molecule has 4 nitrogen and oxygen atoms in total.